The van der Waals surface area contributed by atoms with Crippen molar-refractivity contribution < 1.29 is 14.6 Å². The van der Waals surface area contributed by atoms with Crippen LogP contribution in [-0.2, 0) is 0 Å². The minimum Gasteiger partial charge on any atom is -0.504 e. The quantitative estimate of drug-likeness (QED) is 0.221. The van der Waals surface area contributed by atoms with Crippen molar-refractivity contribution in [2.24, 2.45) is 0 Å². The van der Waals surface area contributed by atoms with E-state index >= 15 is 0 Å². The molecular formula is C26H46O3. The van der Waals surface area contributed by atoms with Crippen LogP contribution in [0, 0.1) is 0 Å². The van der Waals surface area contributed by atoms with Gasteiger partial charge in [-0.15, -0.1) is 0 Å². The van der Waals surface area contributed by atoms with Crippen LogP contribution >= 0.6 is 0 Å². The molecule has 0 saturated heterocycles. The highest BCUT2D eigenvalue weighted by molar-refractivity contribution is 5.50. The molecule has 0 aliphatic heterocycles. The van der Waals surface area contributed by atoms with Crippen LogP contribution < -0.4 is 9.47 Å². The zero-order valence-corrected chi connectivity index (χ0v) is 19.2. The molecule has 168 valence electrons. The second-order valence-corrected chi connectivity index (χ2v) is 8.25. The summed E-state index contributed by atoms with van der Waals surface area (Å²) in [5.41, 5.74) is 0. The molecule has 3 heteroatoms. The van der Waals surface area contributed by atoms with Gasteiger partial charge in [-0.05, 0) is 25.0 Å². The highest BCUT2D eigenvalue weighted by Gasteiger charge is 2.10. The molecule has 0 heterocycles. The molecule has 0 aromatic heterocycles. The van der Waals surface area contributed by atoms with Gasteiger partial charge in [0.25, 0.3) is 0 Å². The van der Waals surface area contributed by atoms with Crippen LogP contribution in [0.5, 0.6) is 17.2 Å². The van der Waals surface area contributed by atoms with Gasteiger partial charge in [-0.1, -0.05) is 110 Å². The summed E-state index contributed by atoms with van der Waals surface area (Å²) in [6, 6.07) is 5.39. The third-order valence-electron chi connectivity index (χ3n) is 5.46. The zero-order chi connectivity index (χ0) is 21.0. The predicted octanol–water partition coefficient (Wildman–Crippen LogP) is 8.43. The van der Waals surface area contributed by atoms with E-state index in [4.69, 9.17) is 9.47 Å². The number of benzene rings is 1. The summed E-state index contributed by atoms with van der Waals surface area (Å²) in [4.78, 5) is 0. The first-order chi connectivity index (χ1) is 14.3. The number of aromatic hydroxyl groups is 1. The molecule has 0 saturated carbocycles. The molecule has 29 heavy (non-hydrogen) atoms. The van der Waals surface area contributed by atoms with Gasteiger partial charge < -0.3 is 14.6 Å². The molecule has 1 aromatic rings. The van der Waals surface area contributed by atoms with Gasteiger partial charge in [0.2, 0.25) is 5.75 Å². The van der Waals surface area contributed by atoms with Crippen LogP contribution in [0.2, 0.25) is 0 Å². The Morgan fingerprint density at radius 2 is 1.03 bits per heavy atom. The van der Waals surface area contributed by atoms with E-state index in [1.54, 1.807) is 6.07 Å². The Hall–Kier alpha value is -1.38. The third-order valence-corrected chi connectivity index (χ3v) is 5.46. The third kappa shape index (κ3) is 13.5. The van der Waals surface area contributed by atoms with E-state index in [-0.39, 0.29) is 5.75 Å². The molecule has 0 bridgehead atoms. The summed E-state index contributed by atoms with van der Waals surface area (Å²) in [7, 11) is 0. The molecule has 3 nitrogen and oxygen atoms in total. The maximum absolute atomic E-state index is 10.2. The molecule has 0 aliphatic carbocycles. The smallest absolute Gasteiger partial charge is 0.203 e. The van der Waals surface area contributed by atoms with Gasteiger partial charge >= 0.3 is 0 Å². The second-order valence-electron chi connectivity index (χ2n) is 8.25. The van der Waals surface area contributed by atoms with Gasteiger partial charge in [0, 0.05) is 0 Å². The summed E-state index contributed by atoms with van der Waals surface area (Å²) in [6.45, 7) is 5.84. The van der Waals surface area contributed by atoms with E-state index in [0.717, 1.165) is 12.8 Å². The Morgan fingerprint density at radius 1 is 0.586 bits per heavy atom. The molecule has 0 aliphatic rings. The number of hydrogen-bond donors (Lipinski definition) is 1. The van der Waals surface area contributed by atoms with E-state index in [1.165, 1.54) is 89.9 Å². The first-order valence-electron chi connectivity index (χ1n) is 12.4. The molecule has 1 rings (SSSR count). The molecular weight excluding hydrogens is 360 g/mol. The molecule has 1 aromatic carbocycles. The first-order valence-corrected chi connectivity index (χ1v) is 12.4. The fourth-order valence-electron chi connectivity index (χ4n) is 3.59. The predicted molar refractivity (Wildman–Crippen MR) is 124 cm³/mol. The molecule has 0 fully saturated rings. The van der Waals surface area contributed by atoms with Crippen molar-refractivity contribution >= 4 is 0 Å². The monoisotopic (exact) mass is 406 g/mol. The summed E-state index contributed by atoms with van der Waals surface area (Å²) < 4.78 is 11.8. The van der Waals surface area contributed by atoms with Crippen LogP contribution in [0.1, 0.15) is 117 Å². The van der Waals surface area contributed by atoms with Crippen molar-refractivity contribution in [3.05, 3.63) is 18.2 Å². The van der Waals surface area contributed by atoms with Crippen molar-refractivity contribution in [1.29, 1.82) is 0 Å². The Morgan fingerprint density at radius 3 is 1.55 bits per heavy atom. The minimum absolute atomic E-state index is 0.179. The maximum atomic E-state index is 10.2. The van der Waals surface area contributed by atoms with Gasteiger partial charge in [0.05, 0.1) is 13.2 Å². The van der Waals surface area contributed by atoms with Crippen molar-refractivity contribution in [1.82, 2.24) is 0 Å². The first kappa shape index (κ1) is 25.7. The summed E-state index contributed by atoms with van der Waals surface area (Å²) in [5.74, 6) is 1.36. The largest absolute Gasteiger partial charge is 0.504 e. The van der Waals surface area contributed by atoms with Crippen LogP contribution in [-0.4, -0.2) is 18.3 Å². The maximum Gasteiger partial charge on any atom is 0.203 e. The number of phenolic OH excluding ortho intramolecular Hbond substituents is 1. The van der Waals surface area contributed by atoms with E-state index in [2.05, 4.69) is 13.8 Å². The topological polar surface area (TPSA) is 38.7 Å². The number of phenols is 1. The van der Waals surface area contributed by atoms with E-state index in [9.17, 15) is 5.11 Å². The van der Waals surface area contributed by atoms with Crippen molar-refractivity contribution in [3.8, 4) is 17.2 Å². The second kappa shape index (κ2) is 18.6. The molecule has 0 unspecified atom stereocenters. The highest BCUT2D eigenvalue weighted by atomic mass is 16.5. The number of para-hydroxylation sites is 1. The fraction of sp³-hybridized carbons (Fsp3) is 0.769. The highest BCUT2D eigenvalue weighted by Crippen LogP contribution is 2.36. The summed E-state index contributed by atoms with van der Waals surface area (Å²) >= 11 is 0. The number of rotatable bonds is 20. The standard InChI is InChI=1S/C26H46O3/c1-3-5-7-9-11-13-15-17-22-28-25-21-19-20-24(27)26(25)29-23-18-16-14-12-10-8-6-4-2/h19-21,27H,3-18,22-23H2,1-2H3. The Labute approximate surface area is 180 Å². The lowest BCUT2D eigenvalue weighted by atomic mass is 10.1. The Kier molecular flexibility index (Phi) is 16.5. The molecule has 1 N–H and O–H groups in total. The summed E-state index contributed by atoms with van der Waals surface area (Å²) in [5, 5.41) is 10.2. The van der Waals surface area contributed by atoms with Crippen LogP contribution in [0.25, 0.3) is 0 Å². The van der Waals surface area contributed by atoms with E-state index < -0.39 is 0 Å². The normalized spacial score (nSPS) is 11.0. The molecule has 0 amide bonds. The van der Waals surface area contributed by atoms with Gasteiger partial charge in [0.1, 0.15) is 0 Å². The average molecular weight is 407 g/mol. The van der Waals surface area contributed by atoms with Crippen molar-refractivity contribution in [2.75, 3.05) is 13.2 Å². The van der Waals surface area contributed by atoms with E-state index in [0.29, 0.717) is 24.7 Å². The minimum atomic E-state index is 0.179. The SMILES string of the molecule is CCCCCCCCCCOc1cccc(O)c1OCCCCCCCCCC. The van der Waals surface area contributed by atoms with E-state index in [1.807, 2.05) is 12.1 Å². The molecule has 0 radical (unpaired) electrons. The van der Waals surface area contributed by atoms with Gasteiger partial charge in [-0.2, -0.15) is 0 Å². The van der Waals surface area contributed by atoms with Gasteiger partial charge in [-0.25, -0.2) is 0 Å². The van der Waals surface area contributed by atoms with Crippen molar-refractivity contribution in [3.63, 3.8) is 0 Å². The fourth-order valence-corrected chi connectivity index (χ4v) is 3.59. The lowest BCUT2D eigenvalue weighted by Gasteiger charge is -2.14. The lowest BCUT2D eigenvalue weighted by molar-refractivity contribution is 0.249. The lowest BCUT2D eigenvalue weighted by Crippen LogP contribution is -2.03. The Bertz CT molecular complexity index is 487. The summed E-state index contributed by atoms with van der Waals surface area (Å²) in [6.07, 6.45) is 20.5. The number of ether oxygens (including phenoxy) is 2. The molecule has 0 spiro atoms. The van der Waals surface area contributed by atoms with Crippen molar-refractivity contribution in [2.45, 2.75) is 117 Å². The number of unbranched alkanes of at least 4 members (excludes halogenated alkanes) is 14. The zero-order valence-electron chi connectivity index (χ0n) is 19.2. The number of hydrogen-bond acceptors (Lipinski definition) is 3. The average Bonchev–Trinajstić information content (AvgIpc) is 2.72. The van der Waals surface area contributed by atoms with Gasteiger partial charge in [-0.3, -0.25) is 0 Å². The van der Waals surface area contributed by atoms with Crippen LogP contribution in [0.3, 0.4) is 0 Å². The Balaban J connectivity index is 2.16. The van der Waals surface area contributed by atoms with Gasteiger partial charge in [0.15, 0.2) is 11.5 Å². The molecule has 0 atom stereocenters. The van der Waals surface area contributed by atoms with Crippen LogP contribution in [0.15, 0.2) is 18.2 Å². The van der Waals surface area contributed by atoms with Crippen LogP contribution in [0.4, 0.5) is 0 Å².